The van der Waals surface area contributed by atoms with Gasteiger partial charge in [-0.15, -0.1) is 0 Å². The van der Waals surface area contributed by atoms with Gasteiger partial charge < -0.3 is 15.4 Å². The normalized spacial score (nSPS) is 11.0. The number of hydrogen-bond donors (Lipinski definition) is 2. The molecule has 7 nitrogen and oxygen atoms in total. The number of aromatic nitrogens is 2. The van der Waals surface area contributed by atoms with Crippen LogP contribution in [0.2, 0.25) is 0 Å². The predicted octanol–water partition coefficient (Wildman–Crippen LogP) is 1.49. The number of amides is 2. The van der Waals surface area contributed by atoms with Crippen LogP contribution in [-0.2, 0) is 4.74 Å². The first-order chi connectivity index (χ1) is 11.5. The van der Waals surface area contributed by atoms with Gasteiger partial charge in [-0.2, -0.15) is 0 Å². The second-order valence-electron chi connectivity index (χ2n) is 5.95. The predicted molar refractivity (Wildman–Crippen MR) is 91.2 cm³/mol. The third-order valence-corrected chi connectivity index (χ3v) is 3.45. The van der Waals surface area contributed by atoms with Crippen molar-refractivity contribution in [1.82, 2.24) is 20.0 Å². The minimum absolute atomic E-state index is 0.216. The third kappa shape index (κ3) is 4.32. The van der Waals surface area contributed by atoms with Crippen molar-refractivity contribution >= 4 is 17.3 Å². The summed E-state index contributed by atoms with van der Waals surface area (Å²) < 4.78 is 6.60. The first-order valence-electron chi connectivity index (χ1n) is 8.07. The molecule has 2 aromatic rings. The van der Waals surface area contributed by atoms with Gasteiger partial charge in [0.25, 0.3) is 11.8 Å². The molecule has 0 aliphatic heterocycles. The standard InChI is InChI=1S/C17H24N4O3/c1-12(2)11-19-17(23)15-20-14(13-7-4-5-9-21(13)15)16(22)18-8-6-10-24-3/h4-5,7,9,12H,6,8,10-11H2,1-3H3,(H,18,22)(H,19,23). The summed E-state index contributed by atoms with van der Waals surface area (Å²) in [5.74, 6) is -0.0296. The zero-order valence-electron chi connectivity index (χ0n) is 14.3. The van der Waals surface area contributed by atoms with E-state index in [0.29, 0.717) is 31.1 Å². The fraction of sp³-hybridized carbons (Fsp3) is 0.471. The average molecular weight is 332 g/mol. The number of pyridine rings is 1. The Morgan fingerprint density at radius 2 is 2.04 bits per heavy atom. The van der Waals surface area contributed by atoms with E-state index in [2.05, 4.69) is 15.6 Å². The van der Waals surface area contributed by atoms with Crippen molar-refractivity contribution in [2.75, 3.05) is 26.8 Å². The summed E-state index contributed by atoms with van der Waals surface area (Å²) in [6.45, 7) is 5.66. The maximum Gasteiger partial charge on any atom is 0.287 e. The second kappa shape index (κ2) is 8.44. The van der Waals surface area contributed by atoms with E-state index < -0.39 is 0 Å². The fourth-order valence-electron chi connectivity index (χ4n) is 2.24. The van der Waals surface area contributed by atoms with Gasteiger partial charge in [0.2, 0.25) is 5.82 Å². The van der Waals surface area contributed by atoms with Crippen molar-refractivity contribution in [1.29, 1.82) is 0 Å². The van der Waals surface area contributed by atoms with Gasteiger partial charge in [0.15, 0.2) is 5.69 Å². The van der Waals surface area contributed by atoms with Crippen LogP contribution in [0.25, 0.3) is 5.52 Å². The van der Waals surface area contributed by atoms with Crippen molar-refractivity contribution in [3.8, 4) is 0 Å². The average Bonchev–Trinajstić information content (AvgIpc) is 2.96. The molecule has 2 heterocycles. The summed E-state index contributed by atoms with van der Waals surface area (Å²) in [7, 11) is 1.62. The van der Waals surface area contributed by atoms with Crippen molar-refractivity contribution in [3.63, 3.8) is 0 Å². The van der Waals surface area contributed by atoms with Crippen molar-refractivity contribution in [2.45, 2.75) is 20.3 Å². The van der Waals surface area contributed by atoms with Crippen LogP contribution in [0.5, 0.6) is 0 Å². The van der Waals surface area contributed by atoms with Gasteiger partial charge in [-0.3, -0.25) is 14.0 Å². The quantitative estimate of drug-likeness (QED) is 0.717. The van der Waals surface area contributed by atoms with Gasteiger partial charge >= 0.3 is 0 Å². The van der Waals surface area contributed by atoms with Gasteiger partial charge in [0.1, 0.15) is 0 Å². The number of imidazole rings is 1. The molecule has 130 valence electrons. The van der Waals surface area contributed by atoms with E-state index in [9.17, 15) is 9.59 Å². The molecule has 0 fully saturated rings. The Morgan fingerprint density at radius 3 is 2.75 bits per heavy atom. The van der Waals surface area contributed by atoms with Crippen LogP contribution in [0, 0.1) is 5.92 Å². The number of carbonyl (C=O) groups is 2. The van der Waals surface area contributed by atoms with Crippen LogP contribution in [0.15, 0.2) is 24.4 Å². The van der Waals surface area contributed by atoms with E-state index in [1.807, 2.05) is 19.9 Å². The zero-order chi connectivity index (χ0) is 17.5. The number of rotatable bonds is 8. The topological polar surface area (TPSA) is 84.7 Å². The Kier molecular flexibility index (Phi) is 6.31. The van der Waals surface area contributed by atoms with E-state index in [1.165, 1.54) is 0 Å². The lowest BCUT2D eigenvalue weighted by molar-refractivity contribution is 0.0938. The van der Waals surface area contributed by atoms with Gasteiger partial charge in [-0.1, -0.05) is 19.9 Å². The molecule has 2 amide bonds. The largest absolute Gasteiger partial charge is 0.385 e. The molecule has 0 saturated carbocycles. The summed E-state index contributed by atoms with van der Waals surface area (Å²) in [5, 5.41) is 5.63. The van der Waals surface area contributed by atoms with E-state index in [1.54, 1.807) is 29.8 Å². The monoisotopic (exact) mass is 332 g/mol. The molecular formula is C17H24N4O3. The summed E-state index contributed by atoms with van der Waals surface area (Å²) in [4.78, 5) is 29.0. The first-order valence-corrected chi connectivity index (χ1v) is 8.07. The summed E-state index contributed by atoms with van der Waals surface area (Å²) in [6.07, 6.45) is 2.45. The van der Waals surface area contributed by atoms with Gasteiger partial charge in [-0.25, -0.2) is 4.98 Å². The molecule has 0 saturated heterocycles. The Bertz CT molecular complexity index is 709. The van der Waals surface area contributed by atoms with Crippen LogP contribution in [0.1, 0.15) is 41.4 Å². The molecule has 0 spiro atoms. The molecule has 0 aliphatic carbocycles. The summed E-state index contributed by atoms with van der Waals surface area (Å²) in [5.41, 5.74) is 0.860. The number of carbonyl (C=O) groups excluding carboxylic acids is 2. The number of methoxy groups -OCH3 is 1. The van der Waals surface area contributed by atoms with Crippen molar-refractivity contribution in [3.05, 3.63) is 35.9 Å². The third-order valence-electron chi connectivity index (χ3n) is 3.45. The highest BCUT2D eigenvalue weighted by Crippen LogP contribution is 2.13. The Labute approximate surface area is 141 Å². The highest BCUT2D eigenvalue weighted by molar-refractivity contribution is 6.02. The van der Waals surface area contributed by atoms with Gasteiger partial charge in [-0.05, 0) is 24.5 Å². The number of nitrogens with zero attached hydrogens (tertiary/aromatic N) is 2. The summed E-state index contributed by atoms with van der Waals surface area (Å²) in [6, 6.07) is 5.39. The van der Waals surface area contributed by atoms with Crippen LogP contribution in [0.3, 0.4) is 0 Å². The van der Waals surface area contributed by atoms with Crippen LogP contribution in [-0.4, -0.2) is 48.0 Å². The maximum absolute atomic E-state index is 12.4. The minimum Gasteiger partial charge on any atom is -0.385 e. The second-order valence-corrected chi connectivity index (χ2v) is 5.95. The molecule has 2 rings (SSSR count). The highest BCUT2D eigenvalue weighted by atomic mass is 16.5. The minimum atomic E-state index is -0.294. The lowest BCUT2D eigenvalue weighted by Crippen LogP contribution is -2.29. The zero-order valence-corrected chi connectivity index (χ0v) is 14.3. The number of fused-ring (bicyclic) bond motifs is 1. The molecule has 2 N–H and O–H groups in total. The molecular weight excluding hydrogens is 308 g/mol. The lowest BCUT2D eigenvalue weighted by atomic mass is 10.2. The Balaban J connectivity index is 2.21. The number of nitrogens with one attached hydrogen (secondary N) is 2. The molecule has 7 heteroatoms. The van der Waals surface area contributed by atoms with E-state index >= 15 is 0 Å². The van der Waals surface area contributed by atoms with Crippen molar-refractivity contribution in [2.24, 2.45) is 5.92 Å². The van der Waals surface area contributed by atoms with Crippen LogP contribution in [0.4, 0.5) is 0 Å². The number of ether oxygens (including phenoxy) is 1. The lowest BCUT2D eigenvalue weighted by Gasteiger charge is -2.06. The van der Waals surface area contributed by atoms with E-state index in [4.69, 9.17) is 4.74 Å². The fourth-order valence-corrected chi connectivity index (χ4v) is 2.24. The molecule has 0 radical (unpaired) electrons. The Hall–Kier alpha value is -2.41. The van der Waals surface area contributed by atoms with Crippen LogP contribution >= 0.6 is 0 Å². The smallest absolute Gasteiger partial charge is 0.287 e. The number of hydrogen-bond acceptors (Lipinski definition) is 4. The molecule has 0 aromatic carbocycles. The van der Waals surface area contributed by atoms with Crippen molar-refractivity contribution < 1.29 is 14.3 Å². The highest BCUT2D eigenvalue weighted by Gasteiger charge is 2.21. The van der Waals surface area contributed by atoms with Gasteiger partial charge in [0, 0.05) is 33.0 Å². The van der Waals surface area contributed by atoms with E-state index in [-0.39, 0.29) is 23.3 Å². The molecule has 0 aliphatic rings. The molecule has 2 aromatic heterocycles. The maximum atomic E-state index is 12.4. The van der Waals surface area contributed by atoms with E-state index in [0.717, 1.165) is 6.42 Å². The van der Waals surface area contributed by atoms with Crippen LogP contribution < -0.4 is 10.6 Å². The molecule has 24 heavy (non-hydrogen) atoms. The SMILES string of the molecule is COCCCNC(=O)c1nc(C(=O)NCC(C)C)n2ccccc12. The van der Waals surface area contributed by atoms with Gasteiger partial charge in [0.05, 0.1) is 5.52 Å². The molecule has 0 bridgehead atoms. The summed E-state index contributed by atoms with van der Waals surface area (Å²) >= 11 is 0. The molecule has 0 unspecified atom stereocenters. The first kappa shape index (κ1) is 17.9. The Morgan fingerprint density at radius 1 is 1.25 bits per heavy atom. The molecule has 0 atom stereocenters.